The summed E-state index contributed by atoms with van der Waals surface area (Å²) >= 11 is 0. The fraction of sp³-hybridized carbons (Fsp3) is 0.389. The van der Waals surface area contributed by atoms with Crippen molar-refractivity contribution < 1.29 is 19.1 Å². The zero-order chi connectivity index (χ0) is 17.9. The summed E-state index contributed by atoms with van der Waals surface area (Å²) in [7, 11) is 1.22. The van der Waals surface area contributed by atoms with E-state index in [4.69, 9.17) is 6.42 Å². The summed E-state index contributed by atoms with van der Waals surface area (Å²) in [6, 6.07) is 8.48. The molecule has 24 heavy (non-hydrogen) atoms. The van der Waals surface area contributed by atoms with Crippen LogP contribution in [0.3, 0.4) is 0 Å². The minimum Gasteiger partial charge on any atom is -0.467 e. The molecule has 0 saturated carbocycles. The van der Waals surface area contributed by atoms with Gasteiger partial charge in [-0.2, -0.15) is 0 Å². The van der Waals surface area contributed by atoms with Crippen molar-refractivity contribution in [2.75, 3.05) is 7.11 Å². The fourth-order valence-electron chi connectivity index (χ4n) is 2.09. The molecule has 2 N–H and O–H groups in total. The van der Waals surface area contributed by atoms with E-state index in [1.54, 1.807) is 0 Å². The van der Waals surface area contributed by atoms with Gasteiger partial charge in [-0.3, -0.25) is 9.59 Å². The van der Waals surface area contributed by atoms with Crippen molar-refractivity contribution in [2.24, 2.45) is 0 Å². The maximum absolute atomic E-state index is 11.9. The molecule has 0 saturated heterocycles. The van der Waals surface area contributed by atoms with Gasteiger partial charge < -0.3 is 15.4 Å². The molecular weight excluding hydrogens is 308 g/mol. The first kappa shape index (κ1) is 19.2. The first-order valence-electron chi connectivity index (χ1n) is 7.63. The number of terminal acetylenes is 1. The summed E-state index contributed by atoms with van der Waals surface area (Å²) in [4.78, 5) is 35.2. The molecule has 1 rings (SSSR count). The molecule has 0 fully saturated rings. The van der Waals surface area contributed by atoms with Crippen LogP contribution in [-0.2, 0) is 19.1 Å². The Morgan fingerprint density at radius 1 is 1.12 bits per heavy atom. The third kappa shape index (κ3) is 6.53. The van der Waals surface area contributed by atoms with Gasteiger partial charge in [0.2, 0.25) is 11.8 Å². The van der Waals surface area contributed by atoms with Crippen LogP contribution in [0.1, 0.15) is 37.8 Å². The van der Waals surface area contributed by atoms with Crippen LogP contribution in [0.4, 0.5) is 0 Å². The summed E-state index contributed by atoms with van der Waals surface area (Å²) in [6.07, 6.45) is 5.18. The first-order valence-corrected chi connectivity index (χ1v) is 7.63. The molecule has 1 aromatic rings. The van der Waals surface area contributed by atoms with Gasteiger partial charge >= 0.3 is 5.97 Å². The lowest BCUT2D eigenvalue weighted by Crippen LogP contribution is -2.41. The van der Waals surface area contributed by atoms with Gasteiger partial charge in [-0.05, 0) is 12.5 Å². The molecule has 6 heteroatoms. The number of ether oxygens (including phenoxy) is 1. The summed E-state index contributed by atoms with van der Waals surface area (Å²) in [5, 5.41) is 5.29. The molecular formula is C18H22N2O4. The van der Waals surface area contributed by atoms with E-state index in [1.807, 2.05) is 37.3 Å². The highest BCUT2D eigenvalue weighted by Gasteiger charge is 2.20. The van der Waals surface area contributed by atoms with Crippen LogP contribution in [0.2, 0.25) is 0 Å². The molecule has 0 aliphatic rings. The van der Waals surface area contributed by atoms with E-state index in [1.165, 1.54) is 7.11 Å². The zero-order valence-electron chi connectivity index (χ0n) is 13.9. The molecule has 0 radical (unpaired) electrons. The lowest BCUT2D eigenvalue weighted by molar-refractivity contribution is -0.144. The highest BCUT2D eigenvalue weighted by Crippen LogP contribution is 2.11. The summed E-state index contributed by atoms with van der Waals surface area (Å²) < 4.78 is 4.56. The second-order valence-corrected chi connectivity index (χ2v) is 5.25. The van der Waals surface area contributed by atoms with Gasteiger partial charge in [0.1, 0.15) is 6.04 Å². The van der Waals surface area contributed by atoms with Crippen molar-refractivity contribution in [1.82, 2.24) is 10.6 Å². The van der Waals surface area contributed by atoms with Crippen molar-refractivity contribution in [3.63, 3.8) is 0 Å². The maximum atomic E-state index is 11.9. The average molecular weight is 330 g/mol. The van der Waals surface area contributed by atoms with E-state index >= 15 is 0 Å². The Balaban J connectivity index is 2.42. The summed E-state index contributed by atoms with van der Waals surface area (Å²) in [6.45, 7) is 1.87. The van der Waals surface area contributed by atoms with Crippen molar-refractivity contribution in [3.05, 3.63) is 35.9 Å². The Morgan fingerprint density at radius 2 is 1.71 bits per heavy atom. The number of methoxy groups -OCH3 is 1. The Bertz CT molecular complexity index is 607. The van der Waals surface area contributed by atoms with Gasteiger partial charge in [0.25, 0.3) is 0 Å². The van der Waals surface area contributed by atoms with Crippen molar-refractivity contribution in [2.45, 2.75) is 38.3 Å². The Labute approximate surface area is 142 Å². The van der Waals surface area contributed by atoms with E-state index in [-0.39, 0.29) is 31.2 Å². The number of nitrogens with one attached hydrogen (secondary N) is 2. The second kappa shape index (κ2) is 10.1. The molecule has 0 aromatic heterocycles. The maximum Gasteiger partial charge on any atom is 0.329 e. The highest BCUT2D eigenvalue weighted by molar-refractivity contribution is 5.87. The predicted octanol–water partition coefficient (Wildman–Crippen LogP) is 1.33. The fourth-order valence-corrected chi connectivity index (χ4v) is 2.09. The normalized spacial score (nSPS) is 12.4. The lowest BCUT2D eigenvalue weighted by Gasteiger charge is -2.15. The molecule has 0 unspecified atom stereocenters. The number of hydrogen-bond donors (Lipinski definition) is 2. The summed E-state index contributed by atoms with van der Waals surface area (Å²) in [5.41, 5.74) is 0.982. The summed E-state index contributed by atoms with van der Waals surface area (Å²) in [5.74, 6) is 1.02. The second-order valence-electron chi connectivity index (χ2n) is 5.25. The minimum atomic E-state index is -0.890. The quantitative estimate of drug-likeness (QED) is 0.556. The molecule has 0 spiro atoms. The molecule has 1 aromatic carbocycles. The van der Waals surface area contributed by atoms with Gasteiger partial charge in [0.05, 0.1) is 13.2 Å². The smallest absolute Gasteiger partial charge is 0.329 e. The van der Waals surface area contributed by atoms with E-state index < -0.39 is 17.9 Å². The number of rotatable bonds is 8. The first-order chi connectivity index (χ1) is 11.5. The number of benzene rings is 1. The Morgan fingerprint density at radius 3 is 2.25 bits per heavy atom. The van der Waals surface area contributed by atoms with Crippen LogP contribution in [-0.4, -0.2) is 30.9 Å². The predicted molar refractivity (Wildman–Crippen MR) is 89.6 cm³/mol. The van der Waals surface area contributed by atoms with Gasteiger partial charge in [-0.25, -0.2) is 4.79 Å². The molecule has 2 amide bonds. The van der Waals surface area contributed by atoms with E-state index in [0.29, 0.717) is 0 Å². The Hall–Kier alpha value is -2.81. The number of amides is 2. The Kier molecular flexibility index (Phi) is 8.06. The standard InChI is InChI=1S/C18H22N2O4/c1-4-8-15(18(23)24-3)20-17(22)12-11-16(21)19-13(2)14-9-6-5-7-10-14/h1,5-7,9-10,13,15H,8,11-12H2,2-3H3,(H,19,21)(H,20,22)/t13-,15-/m1/s1. The van der Waals surface area contributed by atoms with Gasteiger partial charge in [0, 0.05) is 19.3 Å². The van der Waals surface area contributed by atoms with Gasteiger partial charge in [-0.1, -0.05) is 30.3 Å². The van der Waals surface area contributed by atoms with Crippen LogP contribution in [0.5, 0.6) is 0 Å². The van der Waals surface area contributed by atoms with E-state index in [0.717, 1.165) is 5.56 Å². The molecule has 0 aliphatic heterocycles. The molecule has 0 heterocycles. The number of esters is 1. The minimum absolute atomic E-state index is 0.0208. The SMILES string of the molecule is C#CC[C@@H](NC(=O)CCC(=O)N[C@H](C)c1ccccc1)C(=O)OC. The van der Waals surface area contributed by atoms with Crippen molar-refractivity contribution in [3.8, 4) is 12.3 Å². The monoisotopic (exact) mass is 330 g/mol. The number of carbonyl (C=O) groups is 3. The van der Waals surface area contributed by atoms with Gasteiger partial charge in [0.15, 0.2) is 0 Å². The van der Waals surface area contributed by atoms with E-state index in [9.17, 15) is 14.4 Å². The largest absolute Gasteiger partial charge is 0.467 e. The number of carbonyl (C=O) groups excluding carboxylic acids is 3. The molecule has 2 atom stereocenters. The van der Waals surface area contributed by atoms with Crippen LogP contribution >= 0.6 is 0 Å². The third-order valence-electron chi connectivity index (χ3n) is 3.40. The van der Waals surface area contributed by atoms with Crippen LogP contribution in [0.25, 0.3) is 0 Å². The lowest BCUT2D eigenvalue weighted by atomic mass is 10.1. The van der Waals surface area contributed by atoms with Gasteiger partial charge in [-0.15, -0.1) is 12.3 Å². The third-order valence-corrected chi connectivity index (χ3v) is 3.40. The molecule has 0 aliphatic carbocycles. The molecule has 6 nitrogen and oxygen atoms in total. The van der Waals surface area contributed by atoms with Crippen LogP contribution < -0.4 is 10.6 Å². The molecule has 0 bridgehead atoms. The van der Waals surface area contributed by atoms with Crippen LogP contribution in [0, 0.1) is 12.3 Å². The molecule has 128 valence electrons. The highest BCUT2D eigenvalue weighted by atomic mass is 16.5. The van der Waals surface area contributed by atoms with Crippen LogP contribution in [0.15, 0.2) is 30.3 Å². The van der Waals surface area contributed by atoms with Crippen molar-refractivity contribution in [1.29, 1.82) is 0 Å². The topological polar surface area (TPSA) is 84.5 Å². The number of hydrogen-bond acceptors (Lipinski definition) is 4. The van der Waals surface area contributed by atoms with Crippen molar-refractivity contribution >= 4 is 17.8 Å². The van der Waals surface area contributed by atoms with E-state index in [2.05, 4.69) is 21.3 Å². The average Bonchev–Trinajstić information content (AvgIpc) is 2.59. The zero-order valence-corrected chi connectivity index (χ0v) is 13.9.